The highest BCUT2D eigenvalue weighted by Crippen LogP contribution is 2.30. The molecule has 2 amide bonds. The Morgan fingerprint density at radius 2 is 1.86 bits per heavy atom. The molecule has 1 unspecified atom stereocenters. The zero-order valence-corrected chi connectivity index (χ0v) is 16.3. The molecule has 2 aromatic carbocycles. The molecule has 1 aliphatic heterocycles. The summed E-state index contributed by atoms with van der Waals surface area (Å²) in [5, 5.41) is 2.71. The van der Waals surface area contributed by atoms with Crippen molar-refractivity contribution in [3.63, 3.8) is 0 Å². The molecule has 1 atom stereocenters. The summed E-state index contributed by atoms with van der Waals surface area (Å²) in [6.07, 6.45) is 0.370. The summed E-state index contributed by atoms with van der Waals surface area (Å²) >= 11 is 0. The third kappa shape index (κ3) is 4.24. The van der Waals surface area contributed by atoms with E-state index >= 15 is 0 Å². The number of hydrogen-bond donors (Lipinski definition) is 1. The molecule has 148 valence electrons. The minimum atomic E-state index is -1.14. The number of likely N-dealkylation sites (N-methyl/N-ethyl adjacent to an activating group) is 1. The fourth-order valence-corrected chi connectivity index (χ4v) is 3.65. The van der Waals surface area contributed by atoms with E-state index in [1.807, 2.05) is 54.6 Å². The van der Waals surface area contributed by atoms with Crippen LogP contribution in [0, 0.1) is 0 Å². The monoisotopic (exact) mass is 382 g/mol. The van der Waals surface area contributed by atoms with Crippen LogP contribution in [-0.4, -0.2) is 62.8 Å². The van der Waals surface area contributed by atoms with Gasteiger partial charge in [0.1, 0.15) is 6.61 Å². The van der Waals surface area contributed by atoms with Crippen LogP contribution in [0.1, 0.15) is 5.56 Å². The Balaban J connectivity index is 1.94. The Bertz CT molecular complexity index is 824. The van der Waals surface area contributed by atoms with Crippen LogP contribution >= 0.6 is 0 Å². The highest BCUT2D eigenvalue weighted by atomic mass is 16.5. The Morgan fingerprint density at radius 3 is 2.57 bits per heavy atom. The molecule has 0 spiro atoms. The Hall–Kier alpha value is -2.70. The van der Waals surface area contributed by atoms with Gasteiger partial charge in [0.2, 0.25) is 5.91 Å². The minimum absolute atomic E-state index is 0.00950. The van der Waals surface area contributed by atoms with Crippen LogP contribution in [0.15, 0.2) is 54.6 Å². The molecule has 0 saturated carbocycles. The Labute approximate surface area is 165 Å². The molecule has 0 radical (unpaired) electrons. The quantitative estimate of drug-likeness (QED) is 0.829. The molecule has 3 rings (SSSR count). The zero-order chi connectivity index (χ0) is 20.0. The molecule has 0 aliphatic carbocycles. The lowest BCUT2D eigenvalue weighted by Gasteiger charge is -2.41. The summed E-state index contributed by atoms with van der Waals surface area (Å²) in [4.78, 5) is 26.9. The van der Waals surface area contributed by atoms with Gasteiger partial charge in [0.25, 0.3) is 5.91 Å². The molecule has 2 aromatic rings. The number of rotatable bonds is 6. The average Bonchev–Trinajstić information content (AvgIpc) is 2.74. The number of benzene rings is 2. The number of morpholine rings is 1. The van der Waals surface area contributed by atoms with Crippen molar-refractivity contribution in [2.45, 2.75) is 12.0 Å². The maximum absolute atomic E-state index is 12.9. The maximum atomic E-state index is 12.9. The van der Waals surface area contributed by atoms with Gasteiger partial charge >= 0.3 is 0 Å². The normalized spacial score (nSPS) is 19.3. The van der Waals surface area contributed by atoms with E-state index in [0.717, 1.165) is 16.7 Å². The standard InChI is InChI=1S/C22H26N2O4/c1-23-21(26)22(16-24(12-13-28-22)20(25)15-27-2)14-18-10-6-7-11-19(18)17-8-4-3-5-9-17/h3-11H,12-16H2,1-2H3,(H,23,26). The number of carbonyl (C=O) groups excluding carboxylic acids is 2. The van der Waals surface area contributed by atoms with Crippen molar-refractivity contribution in [3.05, 3.63) is 60.2 Å². The first kappa shape index (κ1) is 20.0. The number of ether oxygens (including phenoxy) is 2. The number of hydrogen-bond acceptors (Lipinski definition) is 4. The van der Waals surface area contributed by atoms with Gasteiger partial charge < -0.3 is 19.7 Å². The van der Waals surface area contributed by atoms with Crippen molar-refractivity contribution in [1.82, 2.24) is 10.2 Å². The van der Waals surface area contributed by atoms with Crippen molar-refractivity contribution in [1.29, 1.82) is 0 Å². The SMILES string of the molecule is CNC(=O)C1(Cc2ccccc2-c2ccccc2)CN(C(=O)COC)CCO1. The van der Waals surface area contributed by atoms with E-state index in [1.54, 1.807) is 11.9 Å². The van der Waals surface area contributed by atoms with Crippen molar-refractivity contribution < 1.29 is 19.1 Å². The van der Waals surface area contributed by atoms with E-state index < -0.39 is 5.60 Å². The summed E-state index contributed by atoms with van der Waals surface area (Å²) < 4.78 is 11.0. The second-order valence-electron chi connectivity index (χ2n) is 6.87. The summed E-state index contributed by atoms with van der Waals surface area (Å²) in [7, 11) is 3.08. The van der Waals surface area contributed by atoms with Gasteiger partial charge in [-0.05, 0) is 16.7 Å². The zero-order valence-electron chi connectivity index (χ0n) is 16.3. The molecular formula is C22H26N2O4. The number of methoxy groups -OCH3 is 1. The van der Waals surface area contributed by atoms with Crippen LogP contribution in [0.5, 0.6) is 0 Å². The molecule has 0 aromatic heterocycles. The second kappa shape index (κ2) is 8.99. The first-order valence-corrected chi connectivity index (χ1v) is 9.36. The highest BCUT2D eigenvalue weighted by Gasteiger charge is 2.45. The van der Waals surface area contributed by atoms with Crippen LogP contribution < -0.4 is 5.32 Å². The Kier molecular flexibility index (Phi) is 6.44. The first-order valence-electron chi connectivity index (χ1n) is 9.36. The van der Waals surface area contributed by atoms with Crippen LogP contribution in [0.3, 0.4) is 0 Å². The van der Waals surface area contributed by atoms with E-state index in [0.29, 0.717) is 19.6 Å². The van der Waals surface area contributed by atoms with E-state index in [1.165, 1.54) is 7.11 Å². The van der Waals surface area contributed by atoms with Gasteiger partial charge in [-0.3, -0.25) is 9.59 Å². The number of nitrogens with one attached hydrogen (secondary N) is 1. The maximum Gasteiger partial charge on any atom is 0.254 e. The molecule has 1 aliphatic rings. The summed E-state index contributed by atoms with van der Waals surface area (Å²) in [5.41, 5.74) is 1.99. The molecule has 1 fully saturated rings. The smallest absolute Gasteiger partial charge is 0.254 e. The second-order valence-corrected chi connectivity index (χ2v) is 6.87. The predicted molar refractivity (Wildman–Crippen MR) is 107 cm³/mol. The summed E-state index contributed by atoms with van der Waals surface area (Å²) in [6, 6.07) is 18.0. The van der Waals surface area contributed by atoms with Gasteiger partial charge in [0.15, 0.2) is 5.60 Å². The molecule has 28 heavy (non-hydrogen) atoms. The summed E-state index contributed by atoms with van der Waals surface area (Å²) in [6.45, 7) is 0.931. The average molecular weight is 382 g/mol. The number of nitrogens with zero attached hydrogens (tertiary/aromatic N) is 1. The number of carbonyl (C=O) groups is 2. The molecule has 1 saturated heterocycles. The molecular weight excluding hydrogens is 356 g/mol. The van der Waals surface area contributed by atoms with Gasteiger partial charge in [0, 0.05) is 27.1 Å². The van der Waals surface area contributed by atoms with Crippen molar-refractivity contribution >= 4 is 11.8 Å². The molecule has 0 bridgehead atoms. The van der Waals surface area contributed by atoms with E-state index in [9.17, 15) is 9.59 Å². The molecule has 6 heteroatoms. The topological polar surface area (TPSA) is 67.9 Å². The fourth-order valence-electron chi connectivity index (χ4n) is 3.65. The minimum Gasteiger partial charge on any atom is -0.375 e. The van der Waals surface area contributed by atoms with Gasteiger partial charge in [0.05, 0.1) is 13.2 Å². The first-order chi connectivity index (χ1) is 13.6. The van der Waals surface area contributed by atoms with E-state index in [2.05, 4.69) is 5.32 Å². The van der Waals surface area contributed by atoms with E-state index in [4.69, 9.17) is 9.47 Å². The Morgan fingerprint density at radius 1 is 1.14 bits per heavy atom. The highest BCUT2D eigenvalue weighted by molar-refractivity contribution is 5.87. The third-order valence-electron chi connectivity index (χ3n) is 5.03. The van der Waals surface area contributed by atoms with Gasteiger partial charge in [-0.1, -0.05) is 54.6 Å². The number of amides is 2. The van der Waals surface area contributed by atoms with Crippen molar-refractivity contribution in [2.24, 2.45) is 0 Å². The van der Waals surface area contributed by atoms with Gasteiger partial charge in [-0.25, -0.2) is 0 Å². The van der Waals surface area contributed by atoms with Crippen LogP contribution in [-0.2, 0) is 25.5 Å². The van der Waals surface area contributed by atoms with Crippen LogP contribution in [0.4, 0.5) is 0 Å². The summed E-state index contributed by atoms with van der Waals surface area (Å²) in [5.74, 6) is -0.374. The lowest BCUT2D eigenvalue weighted by molar-refractivity contribution is -0.167. The van der Waals surface area contributed by atoms with Crippen molar-refractivity contribution in [2.75, 3.05) is 40.5 Å². The van der Waals surface area contributed by atoms with Crippen molar-refractivity contribution in [3.8, 4) is 11.1 Å². The lowest BCUT2D eigenvalue weighted by Crippen LogP contribution is -2.62. The largest absolute Gasteiger partial charge is 0.375 e. The predicted octanol–water partition coefficient (Wildman–Crippen LogP) is 1.89. The van der Waals surface area contributed by atoms with Gasteiger partial charge in [-0.2, -0.15) is 0 Å². The van der Waals surface area contributed by atoms with Gasteiger partial charge in [-0.15, -0.1) is 0 Å². The molecule has 1 heterocycles. The fraction of sp³-hybridized carbons (Fsp3) is 0.364. The molecule has 6 nitrogen and oxygen atoms in total. The third-order valence-corrected chi connectivity index (χ3v) is 5.03. The van der Waals surface area contributed by atoms with Crippen LogP contribution in [0.25, 0.3) is 11.1 Å². The molecule has 1 N–H and O–H groups in total. The van der Waals surface area contributed by atoms with E-state index in [-0.39, 0.29) is 25.0 Å². The lowest BCUT2D eigenvalue weighted by atomic mass is 9.87. The van der Waals surface area contributed by atoms with Crippen LogP contribution in [0.2, 0.25) is 0 Å².